The van der Waals surface area contributed by atoms with E-state index in [0.29, 0.717) is 23.5 Å². The lowest BCUT2D eigenvalue weighted by Gasteiger charge is -2.17. The fraction of sp³-hybridized carbons (Fsp3) is 0.889. The Morgan fingerprint density at radius 2 is 2.00 bits per heavy atom. The molecule has 10 heavy (non-hydrogen) atoms. The van der Waals surface area contributed by atoms with Crippen LogP contribution in [0, 0.1) is 17.8 Å². The van der Waals surface area contributed by atoms with Crippen molar-refractivity contribution in [1.29, 1.82) is 0 Å². The van der Waals surface area contributed by atoms with Gasteiger partial charge in [0.25, 0.3) is 0 Å². The maximum Gasteiger partial charge on any atom is 0.133 e. The Labute approximate surface area is 62.8 Å². The summed E-state index contributed by atoms with van der Waals surface area (Å²) in [5.41, 5.74) is 0. The van der Waals surface area contributed by atoms with E-state index < -0.39 is 0 Å². The Kier molecular flexibility index (Phi) is 2.12. The Balaban J connectivity index is 2.54. The highest BCUT2D eigenvalue weighted by atomic mass is 16.1. The first-order chi connectivity index (χ1) is 4.61. The van der Waals surface area contributed by atoms with Crippen LogP contribution in [0.4, 0.5) is 0 Å². The van der Waals surface area contributed by atoms with Gasteiger partial charge in [-0.3, -0.25) is 4.79 Å². The van der Waals surface area contributed by atoms with E-state index >= 15 is 0 Å². The van der Waals surface area contributed by atoms with Gasteiger partial charge in [-0.1, -0.05) is 20.8 Å². The summed E-state index contributed by atoms with van der Waals surface area (Å²) >= 11 is 0. The number of carbonyl (C=O) groups excluding carboxylic acids is 1. The quantitative estimate of drug-likeness (QED) is 0.546. The van der Waals surface area contributed by atoms with E-state index in [2.05, 4.69) is 20.8 Å². The first-order valence-corrected chi connectivity index (χ1v) is 4.13. The van der Waals surface area contributed by atoms with Crippen LogP contribution in [-0.4, -0.2) is 5.78 Å². The molecule has 0 bridgehead atoms. The number of carbonyl (C=O) groups is 1. The van der Waals surface area contributed by atoms with Crippen molar-refractivity contribution in [2.75, 3.05) is 0 Å². The van der Waals surface area contributed by atoms with Crippen LogP contribution in [0.5, 0.6) is 0 Å². The number of rotatable bonds is 1. The van der Waals surface area contributed by atoms with E-state index in [1.54, 1.807) is 0 Å². The third-order valence-corrected chi connectivity index (χ3v) is 2.60. The zero-order chi connectivity index (χ0) is 7.72. The summed E-state index contributed by atoms with van der Waals surface area (Å²) in [6.45, 7) is 6.61. The third kappa shape index (κ3) is 1.39. The number of hydrogen-bond donors (Lipinski definition) is 0. The van der Waals surface area contributed by atoms with Gasteiger partial charge in [-0.25, -0.2) is 0 Å². The summed E-state index contributed by atoms with van der Waals surface area (Å²) in [5, 5.41) is 0. The molecule has 0 radical (unpaired) electrons. The van der Waals surface area contributed by atoms with Gasteiger partial charge in [-0.2, -0.15) is 0 Å². The van der Waals surface area contributed by atoms with Crippen molar-refractivity contribution in [3.8, 4) is 0 Å². The highest BCUT2D eigenvalue weighted by Gasteiger charge is 2.31. The molecule has 2 unspecified atom stereocenters. The molecule has 0 N–H and O–H groups in total. The standard InChI is InChI=1S/C9H16O/c1-6(2)9-5-8(10)4-7(9)3/h6-7,9H,4-5H2,1-3H3. The molecule has 0 aromatic heterocycles. The minimum absolute atomic E-state index is 0.464. The molecular weight excluding hydrogens is 124 g/mol. The molecule has 0 aromatic rings. The van der Waals surface area contributed by atoms with Gasteiger partial charge >= 0.3 is 0 Å². The lowest BCUT2D eigenvalue weighted by Crippen LogP contribution is -2.10. The van der Waals surface area contributed by atoms with Gasteiger partial charge in [0.15, 0.2) is 0 Å². The second-order valence-electron chi connectivity index (χ2n) is 3.83. The van der Waals surface area contributed by atoms with E-state index in [1.807, 2.05) is 0 Å². The molecule has 0 aliphatic heterocycles. The molecule has 0 heterocycles. The van der Waals surface area contributed by atoms with Crippen molar-refractivity contribution in [2.45, 2.75) is 33.6 Å². The van der Waals surface area contributed by atoms with Crippen LogP contribution in [0.3, 0.4) is 0 Å². The number of hydrogen-bond acceptors (Lipinski definition) is 1. The molecule has 2 atom stereocenters. The van der Waals surface area contributed by atoms with E-state index in [1.165, 1.54) is 0 Å². The highest BCUT2D eigenvalue weighted by Crippen LogP contribution is 2.33. The van der Waals surface area contributed by atoms with Crippen LogP contribution in [-0.2, 0) is 4.79 Å². The van der Waals surface area contributed by atoms with Crippen molar-refractivity contribution in [3.05, 3.63) is 0 Å². The monoisotopic (exact) mass is 140 g/mol. The molecule has 1 fully saturated rings. The second-order valence-corrected chi connectivity index (χ2v) is 3.83. The van der Waals surface area contributed by atoms with Crippen LogP contribution in [0.25, 0.3) is 0 Å². The SMILES string of the molecule is CC(C)C1CC(=O)CC1C. The first-order valence-electron chi connectivity index (χ1n) is 4.13. The summed E-state index contributed by atoms with van der Waals surface area (Å²) in [7, 11) is 0. The predicted molar refractivity (Wildman–Crippen MR) is 41.7 cm³/mol. The van der Waals surface area contributed by atoms with Gasteiger partial charge in [0.05, 0.1) is 0 Å². The fourth-order valence-electron chi connectivity index (χ4n) is 1.95. The molecule has 1 aliphatic carbocycles. The van der Waals surface area contributed by atoms with Crippen LogP contribution >= 0.6 is 0 Å². The van der Waals surface area contributed by atoms with Crippen molar-refractivity contribution in [2.24, 2.45) is 17.8 Å². The maximum atomic E-state index is 11.0. The molecule has 0 spiro atoms. The van der Waals surface area contributed by atoms with E-state index in [4.69, 9.17) is 0 Å². The van der Waals surface area contributed by atoms with Crippen molar-refractivity contribution in [3.63, 3.8) is 0 Å². The van der Waals surface area contributed by atoms with Crippen molar-refractivity contribution < 1.29 is 4.79 Å². The molecular formula is C9H16O. The average molecular weight is 140 g/mol. The van der Waals surface area contributed by atoms with Crippen LogP contribution < -0.4 is 0 Å². The summed E-state index contributed by atoms with van der Waals surface area (Å²) in [6, 6.07) is 0. The maximum absolute atomic E-state index is 11.0. The summed E-state index contributed by atoms with van der Waals surface area (Å²) in [6.07, 6.45) is 1.65. The minimum atomic E-state index is 0.464. The Morgan fingerprint density at radius 1 is 1.40 bits per heavy atom. The molecule has 58 valence electrons. The zero-order valence-corrected chi connectivity index (χ0v) is 7.05. The Morgan fingerprint density at radius 3 is 2.20 bits per heavy atom. The molecule has 1 heteroatoms. The Bertz CT molecular complexity index is 138. The molecule has 0 saturated heterocycles. The molecule has 1 rings (SSSR count). The Hall–Kier alpha value is -0.330. The molecule has 1 saturated carbocycles. The van der Waals surface area contributed by atoms with Crippen LogP contribution in [0.1, 0.15) is 33.6 Å². The lowest BCUT2D eigenvalue weighted by atomic mass is 9.87. The van der Waals surface area contributed by atoms with Gasteiger partial charge in [-0.15, -0.1) is 0 Å². The van der Waals surface area contributed by atoms with Gasteiger partial charge in [0, 0.05) is 12.8 Å². The largest absolute Gasteiger partial charge is 0.300 e. The summed E-state index contributed by atoms with van der Waals surface area (Å²) < 4.78 is 0. The summed E-state index contributed by atoms with van der Waals surface area (Å²) in [5.74, 6) is 2.44. The van der Waals surface area contributed by atoms with E-state index in [-0.39, 0.29) is 0 Å². The van der Waals surface area contributed by atoms with E-state index in [0.717, 1.165) is 12.8 Å². The number of ketones is 1. The van der Waals surface area contributed by atoms with Crippen molar-refractivity contribution in [1.82, 2.24) is 0 Å². The highest BCUT2D eigenvalue weighted by molar-refractivity contribution is 5.81. The van der Waals surface area contributed by atoms with Crippen molar-refractivity contribution >= 4 is 5.78 Å². The smallest absolute Gasteiger partial charge is 0.133 e. The summed E-state index contributed by atoms with van der Waals surface area (Å²) in [4.78, 5) is 11.0. The molecule has 1 nitrogen and oxygen atoms in total. The minimum Gasteiger partial charge on any atom is -0.300 e. The molecule has 0 aromatic carbocycles. The predicted octanol–water partition coefficient (Wildman–Crippen LogP) is 2.26. The molecule has 0 amide bonds. The number of Topliss-reactive ketones (excluding diaryl/α,β-unsaturated/α-hetero) is 1. The molecule has 1 aliphatic rings. The van der Waals surface area contributed by atoms with Gasteiger partial charge in [0.2, 0.25) is 0 Å². The lowest BCUT2D eigenvalue weighted by molar-refractivity contribution is -0.117. The zero-order valence-electron chi connectivity index (χ0n) is 7.05. The average Bonchev–Trinajstić information content (AvgIpc) is 2.10. The van der Waals surface area contributed by atoms with Crippen LogP contribution in [0.15, 0.2) is 0 Å². The van der Waals surface area contributed by atoms with Crippen LogP contribution in [0.2, 0.25) is 0 Å². The fourth-order valence-corrected chi connectivity index (χ4v) is 1.95. The topological polar surface area (TPSA) is 17.1 Å². The van der Waals surface area contributed by atoms with Gasteiger partial charge in [-0.05, 0) is 17.8 Å². The first kappa shape index (κ1) is 7.77. The normalized spacial score (nSPS) is 33.8. The second kappa shape index (κ2) is 2.73. The van der Waals surface area contributed by atoms with Gasteiger partial charge < -0.3 is 0 Å². The van der Waals surface area contributed by atoms with Gasteiger partial charge in [0.1, 0.15) is 5.78 Å². The third-order valence-electron chi connectivity index (χ3n) is 2.60. The van der Waals surface area contributed by atoms with E-state index in [9.17, 15) is 4.79 Å².